The van der Waals surface area contributed by atoms with Crippen LogP contribution in [0.4, 0.5) is 5.69 Å². The molecule has 0 saturated heterocycles. The van der Waals surface area contributed by atoms with E-state index < -0.39 is 0 Å². The number of rotatable bonds is 2. The highest BCUT2D eigenvalue weighted by atomic mass is 15.2. The highest BCUT2D eigenvalue weighted by Gasteiger charge is 2.20. The van der Waals surface area contributed by atoms with Crippen LogP contribution < -0.4 is 11.1 Å². The summed E-state index contributed by atoms with van der Waals surface area (Å²) >= 11 is 0. The van der Waals surface area contributed by atoms with Crippen LogP contribution in [-0.4, -0.2) is 16.1 Å². The lowest BCUT2D eigenvalue weighted by Gasteiger charge is -2.19. The van der Waals surface area contributed by atoms with Crippen LogP contribution in [0, 0.1) is 0 Å². The number of anilines is 1. The molecule has 0 amide bonds. The maximum atomic E-state index is 6.12. The van der Waals surface area contributed by atoms with Crippen LogP contribution in [-0.2, 0) is 13.1 Å². The minimum Gasteiger partial charge on any atom is -0.398 e. The number of hydrogen-bond acceptors (Lipinski definition) is 3. The van der Waals surface area contributed by atoms with Crippen LogP contribution in [0.3, 0.4) is 0 Å². The molecule has 4 rings (SSSR count). The summed E-state index contributed by atoms with van der Waals surface area (Å²) in [7, 11) is 0. The second kappa shape index (κ2) is 5.00. The third-order valence-electron chi connectivity index (χ3n) is 4.30. The van der Waals surface area contributed by atoms with Crippen LogP contribution >= 0.6 is 0 Å². The van der Waals surface area contributed by atoms with Gasteiger partial charge in [0.2, 0.25) is 0 Å². The zero-order valence-corrected chi connectivity index (χ0v) is 12.3. The molecule has 4 heteroatoms. The number of fused-ring (bicyclic) bond motifs is 2. The summed E-state index contributed by atoms with van der Waals surface area (Å²) in [5.41, 5.74) is 10.2. The average molecular weight is 290 g/mol. The van der Waals surface area contributed by atoms with E-state index in [1.54, 1.807) is 0 Å². The number of nitrogen functional groups attached to an aromatic ring is 1. The lowest BCUT2D eigenvalue weighted by molar-refractivity contribution is 0.519. The quantitative estimate of drug-likeness (QED) is 0.713. The van der Waals surface area contributed by atoms with Gasteiger partial charge in [-0.25, -0.2) is 4.98 Å². The fraction of sp³-hybridized carbons (Fsp3) is 0.167. The van der Waals surface area contributed by atoms with Gasteiger partial charge < -0.3 is 15.6 Å². The molecular formula is C18H18N4. The Kier molecular flexibility index (Phi) is 2.98. The first-order chi connectivity index (χ1) is 10.8. The van der Waals surface area contributed by atoms with Gasteiger partial charge in [0.1, 0.15) is 5.82 Å². The molecule has 0 spiro atoms. The van der Waals surface area contributed by atoms with Gasteiger partial charge in [0.05, 0.1) is 11.4 Å². The third-order valence-corrected chi connectivity index (χ3v) is 4.30. The molecule has 0 unspecified atom stereocenters. The normalized spacial score (nSPS) is 14.0. The van der Waals surface area contributed by atoms with E-state index in [4.69, 9.17) is 10.7 Å². The predicted molar refractivity (Wildman–Crippen MR) is 91.4 cm³/mol. The zero-order chi connectivity index (χ0) is 15.1. The molecule has 2 aromatic carbocycles. The number of nitrogens with zero attached hydrogens (tertiary/aromatic N) is 2. The minimum absolute atomic E-state index is 0.801. The summed E-state index contributed by atoms with van der Waals surface area (Å²) in [4.78, 5) is 4.82. The maximum absolute atomic E-state index is 6.12. The van der Waals surface area contributed by atoms with Gasteiger partial charge in [-0.1, -0.05) is 36.9 Å². The summed E-state index contributed by atoms with van der Waals surface area (Å²) in [5, 5.41) is 5.62. The lowest BCUT2D eigenvalue weighted by atomic mass is 10.0. The molecule has 3 aromatic rings. The lowest BCUT2D eigenvalue weighted by Crippen LogP contribution is -2.28. The molecular weight excluding hydrogens is 272 g/mol. The third kappa shape index (κ3) is 1.84. The summed E-state index contributed by atoms with van der Waals surface area (Å²) in [6.45, 7) is 6.61. The fourth-order valence-electron chi connectivity index (χ4n) is 3.23. The van der Waals surface area contributed by atoms with Crippen molar-refractivity contribution in [3.05, 3.63) is 54.4 Å². The molecule has 0 atom stereocenters. The van der Waals surface area contributed by atoms with E-state index in [1.165, 1.54) is 5.69 Å². The molecule has 2 heterocycles. The van der Waals surface area contributed by atoms with Crippen molar-refractivity contribution in [2.75, 3.05) is 12.3 Å². The number of nitrogens with one attached hydrogen (secondary N) is 1. The van der Waals surface area contributed by atoms with Crippen molar-refractivity contribution >= 4 is 22.5 Å². The summed E-state index contributed by atoms with van der Waals surface area (Å²) in [5.74, 6) is 1.00. The topological polar surface area (TPSA) is 55.9 Å². The monoisotopic (exact) mass is 290 g/mol. The van der Waals surface area contributed by atoms with E-state index in [9.17, 15) is 0 Å². The Morgan fingerprint density at radius 3 is 2.86 bits per heavy atom. The number of benzene rings is 2. The molecule has 0 saturated carbocycles. The number of hydrogen-bond donors (Lipinski definition) is 2. The first-order valence-electron chi connectivity index (χ1n) is 7.49. The molecule has 3 N–H and O–H groups in total. The Bertz CT molecular complexity index is 876. The summed E-state index contributed by atoms with van der Waals surface area (Å²) in [6.07, 6.45) is 1.84. The van der Waals surface area contributed by atoms with E-state index in [0.29, 0.717) is 0 Å². The van der Waals surface area contributed by atoms with Crippen LogP contribution in [0.25, 0.3) is 28.2 Å². The van der Waals surface area contributed by atoms with Gasteiger partial charge in [-0.05, 0) is 17.5 Å². The number of imidazole rings is 1. The van der Waals surface area contributed by atoms with Crippen LogP contribution in [0.5, 0.6) is 0 Å². The molecule has 0 bridgehead atoms. The minimum atomic E-state index is 0.801. The fourth-order valence-corrected chi connectivity index (χ4v) is 3.23. The Morgan fingerprint density at radius 1 is 1.18 bits per heavy atom. The standard InChI is InChI=1S/C18H18N4/c1-2-16-17-11-20-9-10-22(17)18(21-16)14-7-3-6-13-12(14)5-4-8-15(13)19/h2-8,20H,1,9-11,19H2. The Morgan fingerprint density at radius 2 is 2.00 bits per heavy atom. The first kappa shape index (κ1) is 13.1. The van der Waals surface area contributed by atoms with E-state index in [1.807, 2.05) is 24.3 Å². The summed E-state index contributed by atoms with van der Waals surface area (Å²) in [6, 6.07) is 12.3. The van der Waals surface area contributed by atoms with Crippen molar-refractivity contribution < 1.29 is 0 Å². The zero-order valence-electron chi connectivity index (χ0n) is 12.3. The van der Waals surface area contributed by atoms with E-state index in [2.05, 4.69) is 34.7 Å². The highest BCUT2D eigenvalue weighted by molar-refractivity contribution is 6.01. The molecule has 1 aromatic heterocycles. The van der Waals surface area contributed by atoms with Gasteiger partial charge in [0, 0.05) is 36.3 Å². The van der Waals surface area contributed by atoms with Crippen molar-refractivity contribution in [1.29, 1.82) is 0 Å². The molecule has 4 nitrogen and oxygen atoms in total. The molecule has 110 valence electrons. The smallest absolute Gasteiger partial charge is 0.141 e. The Balaban J connectivity index is 2.02. The average Bonchev–Trinajstić information content (AvgIpc) is 2.94. The van der Waals surface area contributed by atoms with Gasteiger partial charge in [-0.2, -0.15) is 0 Å². The van der Waals surface area contributed by atoms with Crippen molar-refractivity contribution in [3.63, 3.8) is 0 Å². The van der Waals surface area contributed by atoms with Crippen LogP contribution in [0.15, 0.2) is 43.0 Å². The van der Waals surface area contributed by atoms with Crippen LogP contribution in [0.1, 0.15) is 11.4 Å². The second-order valence-corrected chi connectivity index (χ2v) is 5.55. The molecule has 1 aliphatic rings. The highest BCUT2D eigenvalue weighted by Crippen LogP contribution is 2.32. The van der Waals surface area contributed by atoms with Gasteiger partial charge >= 0.3 is 0 Å². The maximum Gasteiger partial charge on any atom is 0.141 e. The van der Waals surface area contributed by atoms with E-state index in [-0.39, 0.29) is 0 Å². The predicted octanol–water partition coefficient (Wildman–Crippen LogP) is 3.03. The second-order valence-electron chi connectivity index (χ2n) is 5.55. The van der Waals surface area contributed by atoms with Gasteiger partial charge in [0.25, 0.3) is 0 Å². The van der Waals surface area contributed by atoms with E-state index in [0.717, 1.165) is 53.2 Å². The Labute approximate surface area is 129 Å². The van der Waals surface area contributed by atoms with Gasteiger partial charge in [-0.15, -0.1) is 0 Å². The largest absolute Gasteiger partial charge is 0.398 e. The molecule has 0 fully saturated rings. The first-order valence-corrected chi connectivity index (χ1v) is 7.49. The summed E-state index contributed by atoms with van der Waals surface area (Å²) < 4.78 is 2.30. The van der Waals surface area contributed by atoms with Gasteiger partial charge in [0.15, 0.2) is 0 Å². The van der Waals surface area contributed by atoms with Crippen molar-refractivity contribution in [2.24, 2.45) is 0 Å². The molecule has 22 heavy (non-hydrogen) atoms. The Hall–Kier alpha value is -2.59. The molecule has 0 aliphatic carbocycles. The van der Waals surface area contributed by atoms with Gasteiger partial charge in [-0.3, -0.25) is 0 Å². The van der Waals surface area contributed by atoms with Crippen molar-refractivity contribution in [1.82, 2.24) is 14.9 Å². The SMILES string of the molecule is C=Cc1nc(-c2cccc3c(N)cccc23)n2c1CNCC2. The van der Waals surface area contributed by atoms with E-state index >= 15 is 0 Å². The number of nitrogens with two attached hydrogens (primary N) is 1. The van der Waals surface area contributed by atoms with Crippen molar-refractivity contribution in [3.8, 4) is 11.4 Å². The molecule has 1 aliphatic heterocycles. The molecule has 0 radical (unpaired) electrons. The van der Waals surface area contributed by atoms with Crippen molar-refractivity contribution in [2.45, 2.75) is 13.1 Å². The van der Waals surface area contributed by atoms with Crippen LogP contribution in [0.2, 0.25) is 0 Å². The number of aromatic nitrogens is 2.